The van der Waals surface area contributed by atoms with Crippen molar-refractivity contribution < 1.29 is 4.79 Å². The van der Waals surface area contributed by atoms with E-state index < -0.39 is 0 Å². The number of hydrogen-bond acceptors (Lipinski definition) is 4. The number of hydrogen-bond donors (Lipinski definition) is 1. The second-order valence-electron chi connectivity index (χ2n) is 4.87. The number of fused-ring (bicyclic) bond motifs is 1. The number of nitrogens with one attached hydrogen (secondary N) is 1. The van der Waals surface area contributed by atoms with Crippen molar-refractivity contribution in [3.63, 3.8) is 0 Å². The lowest BCUT2D eigenvalue weighted by molar-refractivity contribution is 0.0921. The molecule has 0 aliphatic carbocycles. The number of aryl methyl sites for hydroxylation is 1. The molecule has 3 heterocycles. The van der Waals surface area contributed by atoms with Crippen LogP contribution in [0.3, 0.4) is 0 Å². The molecule has 0 amide bonds. The van der Waals surface area contributed by atoms with Gasteiger partial charge in [-0.05, 0) is 13.3 Å². The first-order chi connectivity index (χ1) is 10.0. The van der Waals surface area contributed by atoms with E-state index in [-0.39, 0.29) is 11.5 Å². The van der Waals surface area contributed by atoms with E-state index in [9.17, 15) is 9.59 Å². The smallest absolute Gasteiger partial charge is 0.276 e. The zero-order valence-corrected chi connectivity index (χ0v) is 12.0. The van der Waals surface area contributed by atoms with Gasteiger partial charge >= 0.3 is 0 Å². The van der Waals surface area contributed by atoms with E-state index in [1.54, 1.807) is 18.6 Å². The average molecular weight is 285 g/mol. The van der Waals surface area contributed by atoms with E-state index in [0.717, 1.165) is 16.8 Å². The molecular formula is C14H15N5O2. The van der Waals surface area contributed by atoms with Gasteiger partial charge in [0.1, 0.15) is 0 Å². The van der Waals surface area contributed by atoms with Gasteiger partial charge in [0, 0.05) is 41.7 Å². The lowest BCUT2D eigenvalue weighted by Crippen LogP contribution is -2.21. The summed E-state index contributed by atoms with van der Waals surface area (Å²) < 4.78 is 2.68. The average Bonchev–Trinajstić information content (AvgIpc) is 3.04. The summed E-state index contributed by atoms with van der Waals surface area (Å²) in [5.74, 6) is -0.171. The topological polar surface area (TPSA) is 85.1 Å². The molecule has 0 saturated carbocycles. The van der Waals surface area contributed by atoms with Gasteiger partial charge in [-0.2, -0.15) is 5.10 Å². The standard InChI is InChI=1S/C14H15N5O2/c1-4-11-8(2)17-13-12(6-16-19(13)14(11)21)10-5-15-18(7-10)9(3)20/h5-7,16H,4H2,1-3H3. The van der Waals surface area contributed by atoms with Gasteiger partial charge in [0.05, 0.1) is 6.20 Å². The molecule has 0 unspecified atom stereocenters. The number of rotatable bonds is 2. The van der Waals surface area contributed by atoms with E-state index in [4.69, 9.17) is 0 Å². The highest BCUT2D eigenvalue weighted by atomic mass is 16.2. The maximum Gasteiger partial charge on any atom is 0.276 e. The summed E-state index contributed by atoms with van der Waals surface area (Å²) in [6.45, 7) is 5.20. The maximum atomic E-state index is 12.4. The number of carbonyl (C=O) groups is 1. The second kappa shape index (κ2) is 4.69. The molecule has 0 fully saturated rings. The van der Waals surface area contributed by atoms with E-state index in [2.05, 4.69) is 15.2 Å². The van der Waals surface area contributed by atoms with Crippen LogP contribution in [-0.2, 0) is 6.42 Å². The molecular weight excluding hydrogens is 270 g/mol. The fourth-order valence-electron chi connectivity index (χ4n) is 2.41. The molecule has 0 radical (unpaired) electrons. The Bertz CT molecular complexity index is 900. The highest BCUT2D eigenvalue weighted by Gasteiger charge is 2.15. The Kier molecular flexibility index (Phi) is 2.97. The van der Waals surface area contributed by atoms with Crippen molar-refractivity contribution in [1.82, 2.24) is 24.4 Å². The maximum absolute atomic E-state index is 12.4. The molecule has 0 bridgehead atoms. The van der Waals surface area contributed by atoms with Crippen LogP contribution >= 0.6 is 0 Å². The van der Waals surface area contributed by atoms with Crippen LogP contribution in [0.1, 0.15) is 29.9 Å². The summed E-state index contributed by atoms with van der Waals surface area (Å²) in [7, 11) is 0. The van der Waals surface area contributed by atoms with Crippen LogP contribution in [0.25, 0.3) is 16.8 Å². The number of H-pyrrole nitrogens is 1. The number of nitrogens with zero attached hydrogens (tertiary/aromatic N) is 4. The summed E-state index contributed by atoms with van der Waals surface area (Å²) in [6.07, 6.45) is 5.54. The van der Waals surface area contributed by atoms with Crippen LogP contribution in [0, 0.1) is 6.92 Å². The Labute approximate surface area is 120 Å². The summed E-state index contributed by atoms with van der Waals surface area (Å²) in [4.78, 5) is 28.2. The predicted octanol–water partition coefficient (Wildman–Crippen LogP) is 1.42. The summed E-state index contributed by atoms with van der Waals surface area (Å²) in [5, 5.41) is 6.91. The summed E-state index contributed by atoms with van der Waals surface area (Å²) >= 11 is 0. The van der Waals surface area contributed by atoms with Crippen LogP contribution in [0.2, 0.25) is 0 Å². The minimum atomic E-state index is -0.171. The fraction of sp³-hybridized carbons (Fsp3) is 0.286. The molecule has 0 aliphatic heterocycles. The van der Waals surface area contributed by atoms with Crippen molar-refractivity contribution in [2.24, 2.45) is 0 Å². The first-order valence-electron chi connectivity index (χ1n) is 6.68. The molecule has 0 saturated heterocycles. The third-order valence-electron chi connectivity index (χ3n) is 3.53. The lowest BCUT2D eigenvalue weighted by atomic mass is 10.1. The first kappa shape index (κ1) is 13.3. The number of aromatic amines is 1. The Morgan fingerprint density at radius 1 is 1.43 bits per heavy atom. The number of carbonyl (C=O) groups excluding carboxylic acids is 1. The van der Waals surface area contributed by atoms with Crippen molar-refractivity contribution in [3.8, 4) is 11.1 Å². The molecule has 21 heavy (non-hydrogen) atoms. The number of aromatic nitrogens is 5. The van der Waals surface area contributed by atoms with Crippen molar-refractivity contribution in [1.29, 1.82) is 0 Å². The van der Waals surface area contributed by atoms with Crippen molar-refractivity contribution >= 4 is 11.6 Å². The van der Waals surface area contributed by atoms with Crippen LogP contribution in [-0.4, -0.2) is 30.3 Å². The van der Waals surface area contributed by atoms with Crippen LogP contribution in [0.5, 0.6) is 0 Å². The molecule has 108 valence electrons. The van der Waals surface area contributed by atoms with Gasteiger partial charge < -0.3 is 0 Å². The molecule has 7 nitrogen and oxygen atoms in total. The van der Waals surface area contributed by atoms with E-state index in [0.29, 0.717) is 17.6 Å². The Balaban J connectivity index is 2.25. The molecule has 0 spiro atoms. The second-order valence-corrected chi connectivity index (χ2v) is 4.87. The largest absolute Gasteiger partial charge is 0.296 e. The van der Waals surface area contributed by atoms with Crippen molar-refractivity contribution in [3.05, 3.63) is 40.2 Å². The fourth-order valence-corrected chi connectivity index (χ4v) is 2.41. The first-order valence-corrected chi connectivity index (χ1v) is 6.68. The lowest BCUT2D eigenvalue weighted by Gasteiger charge is -2.03. The van der Waals surface area contributed by atoms with Crippen LogP contribution < -0.4 is 5.56 Å². The van der Waals surface area contributed by atoms with Gasteiger partial charge in [0.15, 0.2) is 5.65 Å². The van der Waals surface area contributed by atoms with Crippen molar-refractivity contribution in [2.45, 2.75) is 27.2 Å². The minimum Gasteiger partial charge on any atom is -0.296 e. The Morgan fingerprint density at radius 3 is 2.81 bits per heavy atom. The summed E-state index contributed by atoms with van der Waals surface area (Å²) in [5.41, 5.74) is 3.34. The quantitative estimate of drug-likeness (QED) is 0.771. The van der Waals surface area contributed by atoms with Gasteiger partial charge in [-0.25, -0.2) is 14.2 Å². The van der Waals surface area contributed by atoms with Gasteiger partial charge in [0.25, 0.3) is 5.56 Å². The highest BCUT2D eigenvalue weighted by Crippen LogP contribution is 2.22. The van der Waals surface area contributed by atoms with Crippen LogP contribution in [0.4, 0.5) is 0 Å². The van der Waals surface area contributed by atoms with Gasteiger partial charge in [-0.15, -0.1) is 0 Å². The third kappa shape index (κ3) is 1.97. The third-order valence-corrected chi connectivity index (χ3v) is 3.53. The van der Waals surface area contributed by atoms with Gasteiger partial charge in [0.2, 0.25) is 5.91 Å². The molecule has 0 atom stereocenters. The van der Waals surface area contributed by atoms with Crippen molar-refractivity contribution in [2.75, 3.05) is 0 Å². The SMILES string of the molecule is CCc1c(C)nc2c(-c3cnn(C(C)=O)c3)c[nH]n2c1=O. The molecule has 3 aromatic heterocycles. The highest BCUT2D eigenvalue weighted by molar-refractivity contribution is 5.80. The molecule has 3 aromatic rings. The zero-order valence-electron chi connectivity index (χ0n) is 12.0. The monoisotopic (exact) mass is 285 g/mol. The Hall–Kier alpha value is -2.70. The molecule has 3 rings (SSSR count). The van der Waals surface area contributed by atoms with Gasteiger partial charge in [-0.3, -0.25) is 14.7 Å². The molecule has 0 aliphatic rings. The van der Waals surface area contributed by atoms with Crippen LogP contribution in [0.15, 0.2) is 23.4 Å². The van der Waals surface area contributed by atoms with Gasteiger partial charge in [-0.1, -0.05) is 6.92 Å². The van der Waals surface area contributed by atoms with E-state index in [1.807, 2.05) is 13.8 Å². The normalized spacial score (nSPS) is 11.2. The molecule has 7 heteroatoms. The van der Waals surface area contributed by atoms with E-state index >= 15 is 0 Å². The van der Waals surface area contributed by atoms with E-state index in [1.165, 1.54) is 16.1 Å². The Morgan fingerprint density at radius 2 is 2.19 bits per heavy atom. The molecule has 0 aromatic carbocycles. The molecule has 1 N–H and O–H groups in total. The minimum absolute atomic E-state index is 0.0924. The predicted molar refractivity (Wildman–Crippen MR) is 77.4 cm³/mol. The zero-order chi connectivity index (χ0) is 15.1. The summed E-state index contributed by atoms with van der Waals surface area (Å²) in [6, 6.07) is 0.